The van der Waals surface area contributed by atoms with E-state index >= 15 is 0 Å². The number of hydrogen-bond donors (Lipinski definition) is 1. The monoisotopic (exact) mass is 194 g/mol. The molecule has 0 saturated carbocycles. The maximum atomic E-state index is 8.99. The second-order valence-electron chi connectivity index (χ2n) is 4.81. The molecule has 3 heteroatoms. The fourth-order valence-electron chi connectivity index (χ4n) is 1.33. The van der Waals surface area contributed by atoms with Crippen molar-refractivity contribution in [3.05, 3.63) is 23.3 Å². The highest BCUT2D eigenvalue weighted by atomic mass is 16.3. The Balaban J connectivity index is 2.92. The first kappa shape index (κ1) is 11.1. The minimum Gasteiger partial charge on any atom is -0.390 e. The first-order chi connectivity index (χ1) is 6.40. The molecular weight excluding hydrogens is 176 g/mol. The van der Waals surface area contributed by atoms with Crippen molar-refractivity contribution in [1.82, 2.24) is 9.97 Å². The molecule has 0 fully saturated rings. The molecule has 0 aromatic carbocycles. The Morgan fingerprint density at radius 2 is 1.93 bits per heavy atom. The molecule has 0 amide bonds. The highest BCUT2D eigenvalue weighted by molar-refractivity contribution is 5.09. The third-order valence-electron chi connectivity index (χ3n) is 1.80. The summed E-state index contributed by atoms with van der Waals surface area (Å²) in [6.45, 7) is 8.36. The largest absolute Gasteiger partial charge is 0.390 e. The van der Waals surface area contributed by atoms with Gasteiger partial charge >= 0.3 is 0 Å². The molecule has 1 rings (SSSR count). The number of aliphatic hydroxyl groups is 1. The standard InChI is InChI=1S/C11H18N2O/c1-8-5-9(7-14)13-10(12-8)6-11(2,3)4/h5,14H,6-7H2,1-4H3. The van der Waals surface area contributed by atoms with Gasteiger partial charge in [0, 0.05) is 12.1 Å². The number of aromatic nitrogens is 2. The topological polar surface area (TPSA) is 46.0 Å². The molecule has 0 aliphatic rings. The van der Waals surface area contributed by atoms with E-state index in [1.807, 2.05) is 13.0 Å². The molecule has 0 aliphatic heterocycles. The van der Waals surface area contributed by atoms with Gasteiger partial charge in [-0.1, -0.05) is 20.8 Å². The van der Waals surface area contributed by atoms with Crippen LogP contribution in [0.5, 0.6) is 0 Å². The molecule has 0 bridgehead atoms. The van der Waals surface area contributed by atoms with Crippen LogP contribution in [0, 0.1) is 12.3 Å². The van der Waals surface area contributed by atoms with Crippen LogP contribution in [0.3, 0.4) is 0 Å². The maximum absolute atomic E-state index is 8.99. The molecule has 1 N–H and O–H groups in total. The summed E-state index contributed by atoms with van der Waals surface area (Å²) in [7, 11) is 0. The van der Waals surface area contributed by atoms with Crippen LogP contribution in [0.25, 0.3) is 0 Å². The van der Waals surface area contributed by atoms with Crippen LogP contribution < -0.4 is 0 Å². The first-order valence-corrected chi connectivity index (χ1v) is 4.85. The molecule has 0 unspecified atom stereocenters. The molecule has 1 aromatic rings. The smallest absolute Gasteiger partial charge is 0.129 e. The van der Waals surface area contributed by atoms with Crippen LogP contribution in [-0.2, 0) is 13.0 Å². The SMILES string of the molecule is Cc1cc(CO)nc(CC(C)(C)C)n1. The second-order valence-corrected chi connectivity index (χ2v) is 4.81. The van der Waals surface area contributed by atoms with Crippen molar-refractivity contribution in [3.63, 3.8) is 0 Å². The molecule has 1 aromatic heterocycles. The number of rotatable bonds is 2. The molecular formula is C11H18N2O. The molecule has 78 valence electrons. The molecule has 3 nitrogen and oxygen atoms in total. The van der Waals surface area contributed by atoms with E-state index in [1.54, 1.807) is 0 Å². The van der Waals surface area contributed by atoms with Gasteiger partial charge < -0.3 is 5.11 Å². The Bertz CT molecular complexity index is 316. The van der Waals surface area contributed by atoms with Crippen molar-refractivity contribution >= 4 is 0 Å². The number of hydrogen-bond acceptors (Lipinski definition) is 3. The van der Waals surface area contributed by atoms with Gasteiger partial charge in [0.1, 0.15) is 5.82 Å². The van der Waals surface area contributed by atoms with Gasteiger partial charge in [0.05, 0.1) is 12.3 Å². The third kappa shape index (κ3) is 3.42. The molecule has 1 heterocycles. The van der Waals surface area contributed by atoms with Gasteiger partial charge in [0.25, 0.3) is 0 Å². The lowest BCUT2D eigenvalue weighted by molar-refractivity contribution is 0.275. The van der Waals surface area contributed by atoms with Crippen molar-refractivity contribution in [1.29, 1.82) is 0 Å². The Morgan fingerprint density at radius 1 is 1.29 bits per heavy atom. The van der Waals surface area contributed by atoms with Gasteiger partial charge in [0.15, 0.2) is 0 Å². The molecule has 14 heavy (non-hydrogen) atoms. The van der Waals surface area contributed by atoms with Gasteiger partial charge in [-0.2, -0.15) is 0 Å². The first-order valence-electron chi connectivity index (χ1n) is 4.85. The van der Waals surface area contributed by atoms with Crippen molar-refractivity contribution in [2.24, 2.45) is 5.41 Å². The predicted octanol–water partition coefficient (Wildman–Crippen LogP) is 1.87. The summed E-state index contributed by atoms with van der Waals surface area (Å²) >= 11 is 0. The Labute approximate surface area is 85.2 Å². The number of aryl methyl sites for hydroxylation is 1. The Hall–Kier alpha value is -0.960. The van der Waals surface area contributed by atoms with Crippen LogP contribution in [0.4, 0.5) is 0 Å². The van der Waals surface area contributed by atoms with Crippen LogP contribution >= 0.6 is 0 Å². The second kappa shape index (κ2) is 4.05. The highest BCUT2D eigenvalue weighted by Gasteiger charge is 2.14. The average Bonchev–Trinajstić information content (AvgIpc) is 1.99. The Morgan fingerprint density at radius 3 is 2.43 bits per heavy atom. The lowest BCUT2D eigenvalue weighted by atomic mass is 9.92. The molecule has 0 saturated heterocycles. The van der Waals surface area contributed by atoms with Crippen LogP contribution in [0.15, 0.2) is 6.07 Å². The third-order valence-corrected chi connectivity index (χ3v) is 1.80. The zero-order valence-electron chi connectivity index (χ0n) is 9.33. The van der Waals surface area contributed by atoms with E-state index in [9.17, 15) is 0 Å². The summed E-state index contributed by atoms with van der Waals surface area (Å²) < 4.78 is 0. The van der Waals surface area contributed by atoms with Gasteiger partial charge in [-0.05, 0) is 18.4 Å². The van der Waals surface area contributed by atoms with Gasteiger partial charge in [-0.3, -0.25) is 0 Å². The zero-order valence-corrected chi connectivity index (χ0v) is 9.33. The van der Waals surface area contributed by atoms with E-state index < -0.39 is 0 Å². The summed E-state index contributed by atoms with van der Waals surface area (Å²) in [5.74, 6) is 0.821. The summed E-state index contributed by atoms with van der Waals surface area (Å²) in [5, 5.41) is 8.99. The quantitative estimate of drug-likeness (QED) is 0.781. The maximum Gasteiger partial charge on any atom is 0.129 e. The van der Waals surface area contributed by atoms with E-state index in [2.05, 4.69) is 30.7 Å². The van der Waals surface area contributed by atoms with E-state index in [0.29, 0.717) is 5.69 Å². The summed E-state index contributed by atoms with van der Waals surface area (Å²) in [5.41, 5.74) is 1.81. The van der Waals surface area contributed by atoms with E-state index in [0.717, 1.165) is 17.9 Å². The summed E-state index contributed by atoms with van der Waals surface area (Å²) in [6.07, 6.45) is 0.835. The van der Waals surface area contributed by atoms with Crippen LogP contribution in [-0.4, -0.2) is 15.1 Å². The number of nitrogens with zero attached hydrogens (tertiary/aromatic N) is 2. The number of aliphatic hydroxyl groups excluding tert-OH is 1. The van der Waals surface area contributed by atoms with Crippen LogP contribution in [0.2, 0.25) is 0 Å². The minimum atomic E-state index is -0.0134. The lowest BCUT2D eigenvalue weighted by Crippen LogP contribution is -2.13. The average molecular weight is 194 g/mol. The Kier molecular flexibility index (Phi) is 3.21. The fourth-order valence-corrected chi connectivity index (χ4v) is 1.33. The fraction of sp³-hybridized carbons (Fsp3) is 0.636. The van der Waals surface area contributed by atoms with E-state index in [1.165, 1.54) is 0 Å². The van der Waals surface area contributed by atoms with E-state index in [4.69, 9.17) is 5.11 Å². The predicted molar refractivity (Wildman–Crippen MR) is 55.9 cm³/mol. The van der Waals surface area contributed by atoms with Gasteiger partial charge in [-0.25, -0.2) is 9.97 Å². The lowest BCUT2D eigenvalue weighted by Gasteiger charge is -2.17. The molecule has 0 spiro atoms. The summed E-state index contributed by atoms with van der Waals surface area (Å²) in [4.78, 5) is 8.62. The summed E-state index contributed by atoms with van der Waals surface area (Å²) in [6, 6.07) is 1.81. The van der Waals surface area contributed by atoms with Crippen LogP contribution in [0.1, 0.15) is 38.0 Å². The molecule has 0 atom stereocenters. The molecule has 0 radical (unpaired) electrons. The minimum absolute atomic E-state index is 0.0134. The normalized spacial score (nSPS) is 11.8. The van der Waals surface area contributed by atoms with Crippen molar-refractivity contribution < 1.29 is 5.11 Å². The van der Waals surface area contributed by atoms with Gasteiger partial charge in [-0.15, -0.1) is 0 Å². The highest BCUT2D eigenvalue weighted by Crippen LogP contribution is 2.18. The molecule has 0 aliphatic carbocycles. The van der Waals surface area contributed by atoms with Crippen molar-refractivity contribution in [2.45, 2.75) is 40.7 Å². The van der Waals surface area contributed by atoms with Crippen molar-refractivity contribution in [2.75, 3.05) is 0 Å². The van der Waals surface area contributed by atoms with E-state index in [-0.39, 0.29) is 12.0 Å². The zero-order chi connectivity index (χ0) is 10.8. The van der Waals surface area contributed by atoms with Crippen molar-refractivity contribution in [3.8, 4) is 0 Å². The van der Waals surface area contributed by atoms with Gasteiger partial charge in [0.2, 0.25) is 0 Å².